The number of allylic oxidation sites excluding steroid dienone is 3. The summed E-state index contributed by atoms with van der Waals surface area (Å²) >= 11 is 0. The topological polar surface area (TPSA) is 68.3 Å². The molecule has 0 bridgehead atoms. The van der Waals surface area contributed by atoms with Crippen LogP contribution in [0, 0.1) is 5.41 Å². The molecule has 1 N–H and O–H groups in total. The molecule has 132 valence electrons. The lowest BCUT2D eigenvalue weighted by atomic mass is 9.68. The third kappa shape index (κ3) is 2.99. The number of esters is 1. The highest BCUT2D eigenvalue weighted by molar-refractivity contribution is 6.04. The summed E-state index contributed by atoms with van der Waals surface area (Å²) in [5.74, 6) is -0.731. The van der Waals surface area contributed by atoms with Crippen molar-refractivity contribution in [2.24, 2.45) is 5.41 Å². The number of pyridine rings is 1. The summed E-state index contributed by atoms with van der Waals surface area (Å²) in [5, 5.41) is 3.35. The molecule has 2 heterocycles. The van der Waals surface area contributed by atoms with Crippen molar-refractivity contribution in [1.82, 2.24) is 10.3 Å². The van der Waals surface area contributed by atoms with Gasteiger partial charge in [0.2, 0.25) is 0 Å². The van der Waals surface area contributed by atoms with E-state index in [0.29, 0.717) is 24.2 Å². The number of carbonyl (C=O) groups excluding carboxylic acids is 2. The molecule has 0 fully saturated rings. The van der Waals surface area contributed by atoms with Gasteiger partial charge in [0.15, 0.2) is 5.78 Å². The summed E-state index contributed by atoms with van der Waals surface area (Å²) in [4.78, 5) is 29.7. The third-order valence-corrected chi connectivity index (χ3v) is 5.03. The summed E-state index contributed by atoms with van der Waals surface area (Å²) in [7, 11) is 0. The minimum atomic E-state index is -0.434. The second-order valence-corrected chi connectivity index (χ2v) is 7.20. The SMILES string of the molecule is CCOC(=O)C1=C(C)NC2=C(C(=O)CCC2(C)C)C1c1cccnc1. The molecule has 0 aromatic carbocycles. The van der Waals surface area contributed by atoms with Crippen LogP contribution in [0.2, 0.25) is 0 Å². The Kier molecular flexibility index (Phi) is 4.50. The fraction of sp³-hybridized carbons (Fsp3) is 0.450. The molecule has 2 aliphatic rings. The lowest BCUT2D eigenvalue weighted by Gasteiger charge is -2.41. The van der Waals surface area contributed by atoms with E-state index in [4.69, 9.17) is 4.74 Å². The summed E-state index contributed by atoms with van der Waals surface area (Å²) in [5.41, 5.74) is 3.53. The van der Waals surface area contributed by atoms with Crippen LogP contribution in [0.4, 0.5) is 0 Å². The molecule has 5 nitrogen and oxygen atoms in total. The van der Waals surface area contributed by atoms with E-state index in [1.54, 1.807) is 19.3 Å². The number of carbonyl (C=O) groups is 2. The van der Waals surface area contributed by atoms with Gasteiger partial charge in [-0.2, -0.15) is 0 Å². The van der Waals surface area contributed by atoms with Crippen molar-refractivity contribution in [1.29, 1.82) is 0 Å². The van der Waals surface area contributed by atoms with Crippen molar-refractivity contribution < 1.29 is 14.3 Å². The first-order chi connectivity index (χ1) is 11.9. The predicted octanol–water partition coefficient (Wildman–Crippen LogP) is 3.25. The van der Waals surface area contributed by atoms with Gasteiger partial charge in [0.25, 0.3) is 0 Å². The van der Waals surface area contributed by atoms with Gasteiger partial charge in [0, 0.05) is 47.1 Å². The number of Topliss-reactive ketones (excluding diaryl/α,β-unsaturated/α-hetero) is 1. The van der Waals surface area contributed by atoms with Crippen LogP contribution in [-0.4, -0.2) is 23.3 Å². The molecule has 0 radical (unpaired) electrons. The van der Waals surface area contributed by atoms with Gasteiger partial charge in [-0.3, -0.25) is 9.78 Å². The standard InChI is InChI=1S/C20H24N2O3/c1-5-25-19(24)15-12(2)22-18-17(14(23)8-9-20(18,3)4)16(15)13-7-6-10-21-11-13/h6-7,10-11,16,22H,5,8-9H2,1-4H3. The first-order valence-electron chi connectivity index (χ1n) is 8.69. The molecule has 1 aliphatic carbocycles. The van der Waals surface area contributed by atoms with E-state index in [0.717, 1.165) is 23.4 Å². The number of hydrogen-bond donors (Lipinski definition) is 1. The minimum Gasteiger partial charge on any atom is -0.463 e. The quantitative estimate of drug-likeness (QED) is 0.856. The molecule has 1 aromatic heterocycles. The Bertz CT molecular complexity index is 775. The lowest BCUT2D eigenvalue weighted by molar-refractivity contribution is -0.138. The summed E-state index contributed by atoms with van der Waals surface area (Å²) in [6, 6.07) is 3.74. The zero-order chi connectivity index (χ0) is 18.2. The molecular formula is C20H24N2O3. The molecule has 0 amide bonds. The molecule has 25 heavy (non-hydrogen) atoms. The number of aromatic nitrogens is 1. The fourth-order valence-corrected chi connectivity index (χ4v) is 3.71. The first-order valence-corrected chi connectivity index (χ1v) is 8.69. The number of dihydropyridines is 1. The number of ether oxygens (including phenoxy) is 1. The smallest absolute Gasteiger partial charge is 0.336 e. The van der Waals surface area contributed by atoms with E-state index in [2.05, 4.69) is 24.1 Å². The average Bonchev–Trinajstić information content (AvgIpc) is 2.58. The van der Waals surface area contributed by atoms with Gasteiger partial charge < -0.3 is 10.1 Å². The van der Waals surface area contributed by atoms with Crippen molar-refractivity contribution in [2.45, 2.75) is 46.5 Å². The molecule has 1 aliphatic heterocycles. The second-order valence-electron chi connectivity index (χ2n) is 7.20. The van der Waals surface area contributed by atoms with Gasteiger partial charge in [0.1, 0.15) is 0 Å². The van der Waals surface area contributed by atoms with Crippen LogP contribution >= 0.6 is 0 Å². The van der Waals surface area contributed by atoms with E-state index in [9.17, 15) is 9.59 Å². The number of nitrogens with zero attached hydrogens (tertiary/aromatic N) is 1. The van der Waals surface area contributed by atoms with Crippen LogP contribution in [-0.2, 0) is 14.3 Å². The average molecular weight is 340 g/mol. The Morgan fingerprint density at radius 3 is 2.84 bits per heavy atom. The number of ketones is 1. The van der Waals surface area contributed by atoms with Gasteiger partial charge >= 0.3 is 5.97 Å². The van der Waals surface area contributed by atoms with Gasteiger partial charge in [-0.25, -0.2) is 4.79 Å². The molecule has 0 saturated heterocycles. The zero-order valence-electron chi connectivity index (χ0n) is 15.2. The third-order valence-electron chi connectivity index (χ3n) is 5.03. The van der Waals surface area contributed by atoms with E-state index in [-0.39, 0.29) is 17.2 Å². The highest BCUT2D eigenvalue weighted by Gasteiger charge is 2.44. The fourth-order valence-electron chi connectivity index (χ4n) is 3.71. The molecule has 5 heteroatoms. The highest BCUT2D eigenvalue weighted by Crippen LogP contribution is 2.48. The molecular weight excluding hydrogens is 316 g/mol. The highest BCUT2D eigenvalue weighted by atomic mass is 16.5. The van der Waals surface area contributed by atoms with E-state index in [1.807, 2.05) is 19.1 Å². The second kappa shape index (κ2) is 6.47. The first kappa shape index (κ1) is 17.4. The summed E-state index contributed by atoms with van der Waals surface area (Å²) in [6.45, 7) is 8.20. The minimum absolute atomic E-state index is 0.0879. The molecule has 1 atom stereocenters. The Morgan fingerprint density at radius 2 is 2.20 bits per heavy atom. The summed E-state index contributed by atoms with van der Waals surface area (Å²) < 4.78 is 5.28. The van der Waals surface area contributed by atoms with Crippen molar-refractivity contribution in [3.05, 3.63) is 52.6 Å². The van der Waals surface area contributed by atoms with Gasteiger partial charge in [-0.05, 0) is 31.9 Å². The lowest BCUT2D eigenvalue weighted by Crippen LogP contribution is -2.41. The van der Waals surface area contributed by atoms with E-state index in [1.165, 1.54) is 0 Å². The molecule has 1 aromatic rings. The van der Waals surface area contributed by atoms with Crippen LogP contribution in [0.1, 0.15) is 52.0 Å². The molecule has 1 unspecified atom stereocenters. The number of hydrogen-bond acceptors (Lipinski definition) is 5. The van der Waals surface area contributed by atoms with Crippen LogP contribution in [0.3, 0.4) is 0 Å². The van der Waals surface area contributed by atoms with Crippen molar-refractivity contribution in [2.75, 3.05) is 6.61 Å². The van der Waals surface area contributed by atoms with Crippen molar-refractivity contribution >= 4 is 11.8 Å². The molecule has 0 saturated carbocycles. The Balaban J connectivity index is 2.22. The molecule has 3 rings (SSSR count). The van der Waals surface area contributed by atoms with Gasteiger partial charge in [-0.1, -0.05) is 19.9 Å². The van der Waals surface area contributed by atoms with E-state index >= 15 is 0 Å². The number of rotatable bonds is 3. The predicted molar refractivity (Wildman–Crippen MR) is 94.5 cm³/mol. The van der Waals surface area contributed by atoms with Crippen LogP contribution < -0.4 is 5.32 Å². The maximum absolute atomic E-state index is 12.8. The Morgan fingerprint density at radius 1 is 1.44 bits per heavy atom. The zero-order valence-corrected chi connectivity index (χ0v) is 15.2. The van der Waals surface area contributed by atoms with Crippen molar-refractivity contribution in [3.8, 4) is 0 Å². The normalized spacial score (nSPS) is 22.4. The van der Waals surface area contributed by atoms with Gasteiger partial charge in [0.05, 0.1) is 12.2 Å². The maximum atomic E-state index is 12.8. The Hall–Kier alpha value is -2.43. The largest absolute Gasteiger partial charge is 0.463 e. The van der Waals surface area contributed by atoms with E-state index < -0.39 is 5.92 Å². The Labute approximate surface area is 148 Å². The monoisotopic (exact) mass is 340 g/mol. The van der Waals surface area contributed by atoms with Crippen molar-refractivity contribution in [3.63, 3.8) is 0 Å². The van der Waals surface area contributed by atoms with Gasteiger partial charge in [-0.15, -0.1) is 0 Å². The summed E-state index contributed by atoms with van der Waals surface area (Å²) in [6.07, 6.45) is 4.69. The maximum Gasteiger partial charge on any atom is 0.336 e. The van der Waals surface area contributed by atoms with Crippen LogP contribution in [0.5, 0.6) is 0 Å². The molecule has 0 spiro atoms. The number of nitrogens with one attached hydrogen (secondary N) is 1. The van der Waals surface area contributed by atoms with Crippen LogP contribution in [0.25, 0.3) is 0 Å². The van der Waals surface area contributed by atoms with Crippen LogP contribution in [0.15, 0.2) is 47.1 Å².